The van der Waals surface area contributed by atoms with Crippen LogP contribution < -0.4 is 4.90 Å². The number of carbonyl (C=O) groups excluding carboxylic acids is 1. The molecule has 2 aromatic rings. The van der Waals surface area contributed by atoms with Gasteiger partial charge in [0, 0.05) is 38.3 Å². The lowest BCUT2D eigenvalue weighted by molar-refractivity contribution is -0.138. The maximum atomic E-state index is 12.3. The molecule has 3 rings (SSSR count). The molecule has 0 radical (unpaired) electrons. The van der Waals surface area contributed by atoms with E-state index in [1.807, 2.05) is 51.2 Å². The van der Waals surface area contributed by atoms with Crippen molar-refractivity contribution in [3.8, 4) is 0 Å². The number of hydrogen-bond donors (Lipinski definition) is 0. The van der Waals surface area contributed by atoms with Crippen LogP contribution in [0.2, 0.25) is 0 Å². The molecule has 1 aliphatic rings. The molecule has 1 amide bonds. The Kier molecular flexibility index (Phi) is 4.76. The first kappa shape index (κ1) is 17.1. The molecule has 1 aliphatic heterocycles. The van der Waals surface area contributed by atoms with Crippen molar-refractivity contribution in [3.05, 3.63) is 18.5 Å². The number of nitrogens with zero attached hydrogens (tertiary/aromatic N) is 4. The Morgan fingerprint density at radius 3 is 2.71 bits per heavy atom. The lowest BCUT2D eigenvalue weighted by atomic mass is 9.92. The minimum Gasteiger partial charge on any atom is -0.348 e. The monoisotopic (exact) mass is 346 g/mol. The molecule has 2 aromatic heterocycles. The highest BCUT2D eigenvalue weighted by atomic mass is 32.1. The molecule has 1 fully saturated rings. The second-order valence-electron chi connectivity index (χ2n) is 7.71. The lowest BCUT2D eigenvalue weighted by Gasteiger charge is -2.35. The second-order valence-corrected chi connectivity index (χ2v) is 8.72. The maximum Gasteiger partial charge on any atom is 0.227 e. The van der Waals surface area contributed by atoms with E-state index in [0.29, 0.717) is 5.92 Å². The smallest absolute Gasteiger partial charge is 0.227 e. The molecule has 0 aliphatic carbocycles. The molecule has 0 unspecified atom stereocenters. The fourth-order valence-corrected chi connectivity index (χ4v) is 4.24. The molecule has 6 heteroatoms. The van der Waals surface area contributed by atoms with Crippen LogP contribution in [0, 0.1) is 11.3 Å². The fourth-order valence-electron chi connectivity index (χ4n) is 3.25. The Hall–Kier alpha value is -1.69. The number of anilines is 1. The van der Waals surface area contributed by atoms with Crippen LogP contribution in [0.1, 0.15) is 33.6 Å². The molecular weight excluding hydrogens is 320 g/mol. The Bertz CT molecular complexity index is 680. The van der Waals surface area contributed by atoms with Gasteiger partial charge in [-0.1, -0.05) is 32.1 Å². The second kappa shape index (κ2) is 6.67. The summed E-state index contributed by atoms with van der Waals surface area (Å²) in [5, 5.41) is 1.09. The van der Waals surface area contributed by atoms with Gasteiger partial charge in [-0.15, -0.1) is 0 Å². The summed E-state index contributed by atoms with van der Waals surface area (Å²) in [5.74, 6) is 0.803. The number of carbonyl (C=O) groups is 1. The van der Waals surface area contributed by atoms with E-state index < -0.39 is 0 Å². The topological polar surface area (TPSA) is 49.3 Å². The van der Waals surface area contributed by atoms with Crippen molar-refractivity contribution >= 4 is 32.6 Å². The summed E-state index contributed by atoms with van der Waals surface area (Å²) in [6.07, 6.45) is 5.86. The van der Waals surface area contributed by atoms with Crippen LogP contribution in [0.4, 0.5) is 5.13 Å². The molecule has 0 bridgehead atoms. The highest BCUT2D eigenvalue weighted by Gasteiger charge is 2.28. The lowest BCUT2D eigenvalue weighted by Crippen LogP contribution is -2.42. The van der Waals surface area contributed by atoms with Gasteiger partial charge in [0.2, 0.25) is 5.91 Å². The Morgan fingerprint density at radius 2 is 2.08 bits per heavy atom. The zero-order valence-electron chi connectivity index (χ0n) is 15.0. The van der Waals surface area contributed by atoms with E-state index in [1.165, 1.54) is 4.70 Å². The van der Waals surface area contributed by atoms with Crippen LogP contribution in [-0.2, 0) is 4.79 Å². The van der Waals surface area contributed by atoms with E-state index in [9.17, 15) is 4.79 Å². The summed E-state index contributed by atoms with van der Waals surface area (Å²) in [7, 11) is 1.93. The van der Waals surface area contributed by atoms with Gasteiger partial charge in [0.1, 0.15) is 5.52 Å². The van der Waals surface area contributed by atoms with Crippen LogP contribution in [0.25, 0.3) is 10.2 Å². The van der Waals surface area contributed by atoms with Crippen molar-refractivity contribution in [1.82, 2.24) is 14.9 Å². The number of fused-ring (bicyclic) bond motifs is 1. The first-order valence-corrected chi connectivity index (χ1v) is 9.37. The maximum absolute atomic E-state index is 12.3. The van der Waals surface area contributed by atoms with Crippen LogP contribution in [0.15, 0.2) is 18.5 Å². The molecule has 0 atom stereocenters. The molecule has 0 saturated carbocycles. The van der Waals surface area contributed by atoms with Crippen molar-refractivity contribution in [2.75, 3.05) is 31.6 Å². The third kappa shape index (κ3) is 3.69. The quantitative estimate of drug-likeness (QED) is 0.854. The highest BCUT2D eigenvalue weighted by Crippen LogP contribution is 2.31. The van der Waals surface area contributed by atoms with E-state index in [0.717, 1.165) is 43.1 Å². The summed E-state index contributed by atoms with van der Waals surface area (Å²) in [5.41, 5.74) is 0.680. The molecule has 130 valence electrons. The molecule has 24 heavy (non-hydrogen) atoms. The Balaban J connectivity index is 1.57. The minimum atomic E-state index is -0.301. The van der Waals surface area contributed by atoms with Crippen LogP contribution in [0.5, 0.6) is 0 Å². The fraction of sp³-hybridized carbons (Fsp3) is 0.611. The largest absolute Gasteiger partial charge is 0.348 e. The Morgan fingerprint density at radius 1 is 1.38 bits per heavy atom. The average molecular weight is 347 g/mol. The zero-order chi connectivity index (χ0) is 17.3. The van der Waals surface area contributed by atoms with Gasteiger partial charge in [-0.05, 0) is 24.8 Å². The van der Waals surface area contributed by atoms with Crippen molar-refractivity contribution in [1.29, 1.82) is 0 Å². The molecule has 3 heterocycles. The van der Waals surface area contributed by atoms with E-state index in [1.54, 1.807) is 11.3 Å². The predicted octanol–water partition coefficient (Wildman–Crippen LogP) is 3.41. The standard InChI is InChI=1S/C18H26N4OS/c1-18(2,3)16(23)21(4)12-13-6-9-22(10-7-13)17-20-14-11-19-8-5-15(14)24-17/h5,8,11,13H,6-7,9-10,12H2,1-4H3. The number of rotatable bonds is 3. The molecular formula is C18H26N4OS. The van der Waals surface area contributed by atoms with E-state index in [4.69, 9.17) is 4.98 Å². The molecule has 0 N–H and O–H groups in total. The first-order valence-electron chi connectivity index (χ1n) is 8.55. The summed E-state index contributed by atoms with van der Waals surface area (Å²) >= 11 is 1.74. The van der Waals surface area contributed by atoms with E-state index in [2.05, 4.69) is 9.88 Å². The van der Waals surface area contributed by atoms with Gasteiger partial charge < -0.3 is 9.80 Å². The third-order valence-corrected chi connectivity index (χ3v) is 5.68. The number of aromatic nitrogens is 2. The zero-order valence-corrected chi connectivity index (χ0v) is 15.8. The molecule has 5 nitrogen and oxygen atoms in total. The minimum absolute atomic E-state index is 0.226. The van der Waals surface area contributed by atoms with Crippen LogP contribution in [0.3, 0.4) is 0 Å². The Labute approximate surface area is 147 Å². The number of thiazole rings is 1. The normalized spacial score (nSPS) is 16.6. The van der Waals surface area contributed by atoms with Crippen molar-refractivity contribution in [3.63, 3.8) is 0 Å². The van der Waals surface area contributed by atoms with E-state index >= 15 is 0 Å². The number of amides is 1. The van der Waals surface area contributed by atoms with Gasteiger partial charge in [-0.3, -0.25) is 9.78 Å². The van der Waals surface area contributed by atoms with E-state index in [-0.39, 0.29) is 11.3 Å². The van der Waals surface area contributed by atoms with Gasteiger partial charge in [0.05, 0.1) is 10.9 Å². The van der Waals surface area contributed by atoms with Gasteiger partial charge in [0.25, 0.3) is 0 Å². The average Bonchev–Trinajstić information content (AvgIpc) is 2.98. The van der Waals surface area contributed by atoms with Gasteiger partial charge in [-0.25, -0.2) is 4.98 Å². The number of hydrogen-bond acceptors (Lipinski definition) is 5. The molecule has 0 spiro atoms. The highest BCUT2D eigenvalue weighted by molar-refractivity contribution is 7.22. The third-order valence-electron chi connectivity index (χ3n) is 4.58. The van der Waals surface area contributed by atoms with Gasteiger partial charge >= 0.3 is 0 Å². The first-order chi connectivity index (χ1) is 11.3. The van der Waals surface area contributed by atoms with Crippen molar-refractivity contribution < 1.29 is 4.79 Å². The summed E-state index contributed by atoms with van der Waals surface area (Å²) in [6.45, 7) is 8.82. The number of pyridine rings is 1. The van der Waals surface area contributed by atoms with Crippen LogP contribution in [-0.4, -0.2) is 47.5 Å². The summed E-state index contributed by atoms with van der Waals surface area (Å²) in [4.78, 5) is 25.4. The van der Waals surface area contributed by atoms with Gasteiger partial charge in [0.15, 0.2) is 5.13 Å². The summed E-state index contributed by atoms with van der Waals surface area (Å²) < 4.78 is 1.19. The van der Waals surface area contributed by atoms with Crippen molar-refractivity contribution in [2.24, 2.45) is 11.3 Å². The predicted molar refractivity (Wildman–Crippen MR) is 99.4 cm³/mol. The van der Waals surface area contributed by atoms with Crippen molar-refractivity contribution in [2.45, 2.75) is 33.6 Å². The molecule has 1 saturated heterocycles. The number of piperidine rings is 1. The summed E-state index contributed by atoms with van der Waals surface area (Å²) in [6, 6.07) is 2.02. The SMILES string of the molecule is CN(CC1CCN(c2nc3cnccc3s2)CC1)C(=O)C(C)(C)C. The van der Waals surface area contributed by atoms with Gasteiger partial charge in [-0.2, -0.15) is 0 Å². The van der Waals surface area contributed by atoms with Crippen LogP contribution >= 0.6 is 11.3 Å². The molecule has 0 aromatic carbocycles.